The number of aryl methyl sites for hydroxylation is 2. The molecule has 1 aromatic heterocycles. The molecule has 6 nitrogen and oxygen atoms in total. The third-order valence-corrected chi connectivity index (χ3v) is 6.72. The average molecular weight is 448 g/mol. The fourth-order valence-electron chi connectivity index (χ4n) is 4.09. The molecule has 2 heterocycles. The summed E-state index contributed by atoms with van der Waals surface area (Å²) in [7, 11) is 0. The Bertz CT molecular complexity index is 1150. The van der Waals surface area contributed by atoms with Crippen molar-refractivity contribution < 1.29 is 14.0 Å². The number of carbonyl (C=O) groups excluding carboxylic acids is 2. The normalized spacial score (nSPS) is 18.2. The zero-order chi connectivity index (χ0) is 22.7. The van der Waals surface area contributed by atoms with Gasteiger partial charge in [-0.2, -0.15) is 5.26 Å². The smallest absolute Gasteiger partial charge is 0.234 e. The molecule has 0 saturated carbocycles. The molecular weight excluding hydrogens is 422 g/mol. The molecule has 1 aliphatic heterocycles. The minimum absolute atomic E-state index is 0.0443. The molecule has 0 bridgehead atoms. The lowest BCUT2D eigenvalue weighted by Gasteiger charge is -2.32. The lowest BCUT2D eigenvalue weighted by molar-refractivity contribution is -0.116. The van der Waals surface area contributed by atoms with Crippen molar-refractivity contribution in [3.05, 3.63) is 75.4 Å². The molecule has 1 atom stereocenters. The van der Waals surface area contributed by atoms with E-state index in [-0.39, 0.29) is 17.4 Å². The van der Waals surface area contributed by atoms with Crippen molar-refractivity contribution in [1.29, 1.82) is 5.26 Å². The van der Waals surface area contributed by atoms with E-state index in [1.165, 1.54) is 17.3 Å². The van der Waals surface area contributed by atoms with Crippen LogP contribution in [0.3, 0.4) is 0 Å². The molecule has 7 heteroatoms. The van der Waals surface area contributed by atoms with Crippen LogP contribution < -0.4 is 10.6 Å². The highest BCUT2D eigenvalue weighted by molar-refractivity contribution is 8.03. The number of Topliss-reactive ketones (excluding diaryl/α,β-unsaturated/α-hetero) is 1. The second-order valence-electron chi connectivity index (χ2n) is 7.92. The number of rotatable bonds is 6. The average Bonchev–Trinajstić information content (AvgIpc) is 3.23. The van der Waals surface area contributed by atoms with E-state index in [9.17, 15) is 14.9 Å². The summed E-state index contributed by atoms with van der Waals surface area (Å²) >= 11 is 1.27. The van der Waals surface area contributed by atoms with Crippen LogP contribution in [0, 0.1) is 18.3 Å². The quantitative estimate of drug-likeness (QED) is 0.650. The Labute approximate surface area is 191 Å². The fourth-order valence-corrected chi connectivity index (χ4v) is 4.95. The largest absolute Gasteiger partial charge is 0.465 e. The van der Waals surface area contributed by atoms with Crippen molar-refractivity contribution >= 4 is 29.1 Å². The number of hydrogen-bond acceptors (Lipinski definition) is 6. The van der Waals surface area contributed by atoms with Gasteiger partial charge in [0, 0.05) is 23.4 Å². The predicted molar refractivity (Wildman–Crippen MR) is 125 cm³/mol. The van der Waals surface area contributed by atoms with Crippen LogP contribution in [0.15, 0.2) is 62.7 Å². The molecule has 1 amide bonds. The van der Waals surface area contributed by atoms with E-state index in [2.05, 4.69) is 23.6 Å². The number of hydrogen-bond donors (Lipinski definition) is 2. The molecule has 4 rings (SSSR count). The highest BCUT2D eigenvalue weighted by Gasteiger charge is 2.38. The molecule has 1 aliphatic carbocycles. The zero-order valence-electron chi connectivity index (χ0n) is 18.2. The fraction of sp³-hybridized carbons (Fsp3) is 0.320. The summed E-state index contributed by atoms with van der Waals surface area (Å²) in [5.41, 5.74) is 3.81. The molecular formula is C25H25N3O3S. The first kappa shape index (κ1) is 22.0. The van der Waals surface area contributed by atoms with Crippen LogP contribution in [0.2, 0.25) is 0 Å². The summed E-state index contributed by atoms with van der Waals surface area (Å²) in [6.07, 6.45) is 2.91. The summed E-state index contributed by atoms with van der Waals surface area (Å²) in [5.74, 6) is 0.804. The van der Waals surface area contributed by atoms with Gasteiger partial charge in [0.25, 0.3) is 0 Å². The van der Waals surface area contributed by atoms with Gasteiger partial charge in [-0.25, -0.2) is 0 Å². The number of ketones is 1. The topological polar surface area (TPSA) is 95.1 Å². The maximum atomic E-state index is 12.8. The van der Waals surface area contributed by atoms with Gasteiger partial charge < -0.3 is 15.1 Å². The van der Waals surface area contributed by atoms with Gasteiger partial charge in [-0.3, -0.25) is 9.59 Å². The van der Waals surface area contributed by atoms with E-state index < -0.39 is 5.92 Å². The van der Waals surface area contributed by atoms with E-state index >= 15 is 0 Å². The third kappa shape index (κ3) is 4.51. The number of furan rings is 1. The van der Waals surface area contributed by atoms with Crippen molar-refractivity contribution in [2.45, 2.75) is 45.4 Å². The summed E-state index contributed by atoms with van der Waals surface area (Å²) < 4.78 is 5.84. The Morgan fingerprint density at radius 2 is 2.03 bits per heavy atom. The molecule has 1 aromatic carbocycles. The number of allylic oxidation sites excluding steroid dienone is 3. The van der Waals surface area contributed by atoms with Crippen molar-refractivity contribution in [2.24, 2.45) is 0 Å². The Balaban J connectivity index is 1.56. The Morgan fingerprint density at radius 3 is 2.69 bits per heavy atom. The lowest BCUT2D eigenvalue weighted by atomic mass is 9.79. The summed E-state index contributed by atoms with van der Waals surface area (Å²) in [5, 5.41) is 16.8. The van der Waals surface area contributed by atoms with Crippen LogP contribution in [-0.2, 0) is 16.0 Å². The number of benzene rings is 1. The van der Waals surface area contributed by atoms with Gasteiger partial charge in [0.2, 0.25) is 5.91 Å². The van der Waals surface area contributed by atoms with E-state index in [1.807, 2.05) is 43.3 Å². The monoisotopic (exact) mass is 447 g/mol. The first-order valence-electron chi connectivity index (χ1n) is 10.8. The molecule has 2 aliphatic rings. The molecule has 164 valence electrons. The molecule has 32 heavy (non-hydrogen) atoms. The predicted octanol–water partition coefficient (Wildman–Crippen LogP) is 4.95. The van der Waals surface area contributed by atoms with Crippen molar-refractivity contribution in [3.63, 3.8) is 0 Å². The van der Waals surface area contributed by atoms with Crippen LogP contribution in [0.5, 0.6) is 0 Å². The number of nitriles is 1. The number of thioether (sulfide) groups is 1. The molecule has 2 N–H and O–H groups in total. The van der Waals surface area contributed by atoms with Crippen LogP contribution >= 0.6 is 11.8 Å². The maximum absolute atomic E-state index is 12.8. The molecule has 2 aromatic rings. The van der Waals surface area contributed by atoms with Crippen LogP contribution in [0.25, 0.3) is 0 Å². The summed E-state index contributed by atoms with van der Waals surface area (Å²) in [6, 6.07) is 13.7. The van der Waals surface area contributed by atoms with Gasteiger partial charge in [0.1, 0.15) is 11.5 Å². The standard InChI is InChI=1S/C25H25N3O3S/c1-3-16-8-10-17(11-9-16)27-22(30)14-32-25-18(13-26)23(21-12-7-15(2)31-21)24-19(28-25)5-4-6-20(24)29/h7-12,23,28H,3-6,14H2,1-2H3,(H,27,30)/t23-/m1/s1. The van der Waals surface area contributed by atoms with Gasteiger partial charge >= 0.3 is 0 Å². The second-order valence-corrected chi connectivity index (χ2v) is 8.90. The summed E-state index contributed by atoms with van der Waals surface area (Å²) in [6.45, 7) is 3.92. The van der Waals surface area contributed by atoms with E-state index in [0.717, 1.165) is 36.4 Å². The van der Waals surface area contributed by atoms with Crippen molar-refractivity contribution in [2.75, 3.05) is 11.1 Å². The highest BCUT2D eigenvalue weighted by atomic mass is 32.2. The van der Waals surface area contributed by atoms with E-state index in [0.29, 0.717) is 28.4 Å². The Morgan fingerprint density at radius 1 is 1.25 bits per heavy atom. The third-order valence-electron chi connectivity index (χ3n) is 5.70. The zero-order valence-corrected chi connectivity index (χ0v) is 19.0. The molecule has 0 unspecified atom stereocenters. The summed E-state index contributed by atoms with van der Waals surface area (Å²) in [4.78, 5) is 25.3. The van der Waals surface area contributed by atoms with Crippen molar-refractivity contribution in [1.82, 2.24) is 5.32 Å². The van der Waals surface area contributed by atoms with Gasteiger partial charge in [-0.05, 0) is 56.0 Å². The van der Waals surface area contributed by atoms with Gasteiger partial charge in [-0.15, -0.1) is 0 Å². The second kappa shape index (κ2) is 9.49. The molecule has 0 radical (unpaired) electrons. The van der Waals surface area contributed by atoms with Gasteiger partial charge in [0.05, 0.1) is 28.3 Å². The number of nitrogens with one attached hydrogen (secondary N) is 2. The number of anilines is 1. The number of dihydropyridines is 1. The Kier molecular flexibility index (Phi) is 6.52. The number of carbonyl (C=O) groups is 2. The van der Waals surface area contributed by atoms with Crippen LogP contribution in [0.1, 0.15) is 49.2 Å². The molecule has 0 spiro atoms. The maximum Gasteiger partial charge on any atom is 0.234 e. The first-order valence-corrected chi connectivity index (χ1v) is 11.7. The van der Waals surface area contributed by atoms with E-state index in [1.54, 1.807) is 0 Å². The number of amides is 1. The highest BCUT2D eigenvalue weighted by Crippen LogP contribution is 2.44. The van der Waals surface area contributed by atoms with Crippen molar-refractivity contribution in [3.8, 4) is 6.07 Å². The lowest BCUT2D eigenvalue weighted by Crippen LogP contribution is -2.31. The van der Waals surface area contributed by atoms with E-state index in [4.69, 9.17) is 4.42 Å². The minimum Gasteiger partial charge on any atom is -0.465 e. The van der Waals surface area contributed by atoms with Gasteiger partial charge in [0.15, 0.2) is 5.78 Å². The first-order chi connectivity index (χ1) is 15.5. The van der Waals surface area contributed by atoms with Gasteiger partial charge in [-0.1, -0.05) is 30.8 Å². The molecule has 0 fully saturated rings. The number of nitrogens with zero attached hydrogens (tertiary/aromatic N) is 1. The minimum atomic E-state index is -0.537. The SMILES string of the molecule is CCc1ccc(NC(=O)CSC2=C(C#N)[C@H](c3ccc(C)o3)C3=C(CCCC3=O)N2)cc1. The molecule has 0 saturated heterocycles. The van der Waals surface area contributed by atoms with Crippen LogP contribution in [0.4, 0.5) is 5.69 Å². The Hall–Kier alpha value is -3.24. The van der Waals surface area contributed by atoms with Crippen LogP contribution in [-0.4, -0.2) is 17.4 Å².